The summed E-state index contributed by atoms with van der Waals surface area (Å²) in [7, 11) is 0. The number of nitrogens with zero attached hydrogens (tertiary/aromatic N) is 1. The lowest BCUT2D eigenvalue weighted by atomic mass is 10.0. The minimum Gasteiger partial charge on any atom is -0.486 e. The van der Waals surface area contributed by atoms with Crippen LogP contribution in [0.1, 0.15) is 20.8 Å². The number of rotatable bonds is 5. The largest absolute Gasteiger partial charge is 0.486 e. The molecule has 138 valence electrons. The van der Waals surface area contributed by atoms with Gasteiger partial charge in [0.25, 0.3) is 0 Å². The quantitative estimate of drug-likeness (QED) is 0.527. The number of thiazole rings is 1. The summed E-state index contributed by atoms with van der Waals surface area (Å²) in [5, 5.41) is 3.30. The number of hydrogen-bond acceptors (Lipinski definition) is 6. The van der Waals surface area contributed by atoms with Gasteiger partial charge in [-0.1, -0.05) is 27.5 Å². The molecule has 1 N–H and O–H groups in total. The van der Waals surface area contributed by atoms with Crippen LogP contribution in [0.2, 0.25) is 4.47 Å². The van der Waals surface area contributed by atoms with Gasteiger partial charge in [0, 0.05) is 38.4 Å². The number of nitrogens with one attached hydrogen (secondary N) is 1. The summed E-state index contributed by atoms with van der Waals surface area (Å²) in [5.74, 6) is 1.11. The van der Waals surface area contributed by atoms with Crippen molar-refractivity contribution in [2.45, 2.75) is 6.54 Å². The number of fused-ring (bicyclic) bond motifs is 1. The van der Waals surface area contributed by atoms with Gasteiger partial charge in [0.15, 0.2) is 21.7 Å². The van der Waals surface area contributed by atoms with Crippen molar-refractivity contribution in [2.24, 2.45) is 0 Å². The number of anilines is 1. The first-order chi connectivity index (χ1) is 13.1. The minimum absolute atomic E-state index is 0.0932. The number of carbonyl (C=O) groups excluding carboxylic acids is 1. The highest BCUT2D eigenvalue weighted by atomic mass is 79.9. The second-order valence-electron chi connectivity index (χ2n) is 5.81. The van der Waals surface area contributed by atoms with E-state index < -0.39 is 0 Å². The van der Waals surface area contributed by atoms with E-state index >= 15 is 0 Å². The Hall–Kier alpha value is -2.09. The molecule has 1 aliphatic rings. The van der Waals surface area contributed by atoms with Gasteiger partial charge in [-0.15, -0.1) is 11.3 Å². The van der Waals surface area contributed by atoms with Crippen LogP contribution in [-0.2, 0) is 6.54 Å². The highest BCUT2D eigenvalue weighted by Crippen LogP contribution is 2.37. The van der Waals surface area contributed by atoms with E-state index in [9.17, 15) is 4.79 Å². The number of halogens is 2. The van der Waals surface area contributed by atoms with Gasteiger partial charge in [-0.25, -0.2) is 4.98 Å². The number of benzene rings is 2. The third kappa shape index (κ3) is 4.10. The molecule has 0 saturated heterocycles. The Morgan fingerprint density at radius 1 is 1.19 bits per heavy atom. The number of ether oxygens (including phenoxy) is 2. The zero-order valence-corrected chi connectivity index (χ0v) is 17.2. The maximum Gasteiger partial charge on any atom is 0.195 e. The molecule has 0 fully saturated rings. The van der Waals surface area contributed by atoms with Crippen LogP contribution in [0.25, 0.3) is 0 Å². The molecule has 2 aromatic carbocycles. The highest BCUT2D eigenvalue weighted by Gasteiger charge is 2.21. The maximum atomic E-state index is 13.1. The molecule has 1 aromatic heterocycles. The first kappa shape index (κ1) is 18.3. The Bertz CT molecular complexity index is 991. The fourth-order valence-electron chi connectivity index (χ4n) is 2.73. The molecular weight excluding hydrogens is 452 g/mol. The average Bonchev–Trinajstić information content (AvgIpc) is 3.11. The van der Waals surface area contributed by atoms with Crippen LogP contribution in [0.15, 0.2) is 47.1 Å². The Labute approximate surface area is 173 Å². The van der Waals surface area contributed by atoms with Gasteiger partial charge in [0.05, 0.1) is 6.54 Å². The van der Waals surface area contributed by atoms with E-state index in [-0.39, 0.29) is 5.78 Å². The molecule has 0 aliphatic carbocycles. The molecule has 1 aliphatic heterocycles. The monoisotopic (exact) mass is 464 g/mol. The van der Waals surface area contributed by atoms with Crippen LogP contribution in [0.5, 0.6) is 11.5 Å². The summed E-state index contributed by atoms with van der Waals surface area (Å²) < 4.78 is 12.7. The van der Waals surface area contributed by atoms with Crippen LogP contribution in [0.3, 0.4) is 0 Å². The van der Waals surface area contributed by atoms with E-state index in [0.717, 1.165) is 9.35 Å². The Balaban J connectivity index is 1.69. The summed E-state index contributed by atoms with van der Waals surface area (Å²) >= 11 is 10.7. The van der Waals surface area contributed by atoms with Crippen LogP contribution >= 0.6 is 38.9 Å². The first-order valence-corrected chi connectivity index (χ1v) is 10.2. The number of aromatic nitrogens is 1. The van der Waals surface area contributed by atoms with Crippen molar-refractivity contribution in [2.75, 3.05) is 18.5 Å². The molecule has 0 spiro atoms. The molecule has 0 bridgehead atoms. The Morgan fingerprint density at radius 3 is 2.56 bits per heavy atom. The van der Waals surface area contributed by atoms with Crippen molar-refractivity contribution in [3.63, 3.8) is 0 Å². The highest BCUT2D eigenvalue weighted by molar-refractivity contribution is 9.10. The van der Waals surface area contributed by atoms with Gasteiger partial charge in [0.2, 0.25) is 0 Å². The fraction of sp³-hybridized carbons (Fsp3) is 0.158. The minimum atomic E-state index is -0.0932. The standard InChI is InChI=1S/C19H14BrClN2O3S/c20-12-3-1-11(2-4-12)18(24)14-7-16-17(26-6-5-25-16)8-15(14)22-9-13-10-23-19(21)27-13/h1-4,7-8,10,22H,5-6,9H2. The molecule has 0 unspecified atom stereocenters. The van der Waals surface area contributed by atoms with Crippen LogP contribution in [-0.4, -0.2) is 24.0 Å². The van der Waals surface area contributed by atoms with Gasteiger partial charge in [-0.2, -0.15) is 0 Å². The third-order valence-electron chi connectivity index (χ3n) is 4.01. The molecule has 8 heteroatoms. The van der Waals surface area contributed by atoms with Crippen molar-refractivity contribution in [1.82, 2.24) is 4.98 Å². The number of ketones is 1. The molecule has 4 rings (SSSR count). The molecular formula is C19H14BrClN2O3S. The SMILES string of the molecule is O=C(c1ccc(Br)cc1)c1cc2c(cc1NCc1cnc(Cl)s1)OCCO2. The molecule has 5 nitrogen and oxygen atoms in total. The lowest BCUT2D eigenvalue weighted by Gasteiger charge is -2.21. The van der Waals surface area contributed by atoms with Gasteiger partial charge in [0.1, 0.15) is 13.2 Å². The molecule has 0 radical (unpaired) electrons. The normalized spacial score (nSPS) is 12.7. The van der Waals surface area contributed by atoms with Crippen LogP contribution in [0.4, 0.5) is 5.69 Å². The van der Waals surface area contributed by atoms with Crippen LogP contribution < -0.4 is 14.8 Å². The first-order valence-electron chi connectivity index (χ1n) is 8.18. The molecule has 3 aromatic rings. The van der Waals surface area contributed by atoms with Crippen molar-refractivity contribution in [3.05, 3.63) is 67.5 Å². The third-order valence-corrected chi connectivity index (χ3v) is 5.66. The summed E-state index contributed by atoms with van der Waals surface area (Å²) in [6.07, 6.45) is 1.72. The van der Waals surface area contributed by atoms with Crippen molar-refractivity contribution in [3.8, 4) is 11.5 Å². The maximum absolute atomic E-state index is 13.1. The van der Waals surface area contributed by atoms with E-state index in [4.69, 9.17) is 21.1 Å². The predicted octanol–water partition coefficient (Wildman–Crippen LogP) is 5.17. The predicted molar refractivity (Wildman–Crippen MR) is 109 cm³/mol. The topological polar surface area (TPSA) is 60.5 Å². The molecule has 0 amide bonds. The Morgan fingerprint density at radius 2 is 1.89 bits per heavy atom. The Kier molecular flexibility index (Phi) is 5.33. The molecule has 2 heterocycles. The van der Waals surface area contributed by atoms with Crippen LogP contribution in [0, 0.1) is 0 Å². The van der Waals surface area contributed by atoms with Crippen molar-refractivity contribution < 1.29 is 14.3 Å². The van der Waals surface area contributed by atoms with E-state index in [1.807, 2.05) is 18.2 Å². The van der Waals surface area contributed by atoms with E-state index in [1.54, 1.807) is 24.4 Å². The van der Waals surface area contributed by atoms with E-state index in [1.165, 1.54) is 11.3 Å². The van der Waals surface area contributed by atoms with Crippen molar-refractivity contribution in [1.29, 1.82) is 0 Å². The lowest BCUT2D eigenvalue weighted by Crippen LogP contribution is -2.17. The zero-order chi connectivity index (χ0) is 18.8. The summed E-state index contributed by atoms with van der Waals surface area (Å²) in [5.41, 5.74) is 1.80. The smallest absolute Gasteiger partial charge is 0.195 e. The van der Waals surface area contributed by atoms with Gasteiger partial charge in [-0.05, 0) is 30.3 Å². The van der Waals surface area contributed by atoms with E-state index in [0.29, 0.717) is 52.5 Å². The van der Waals surface area contributed by atoms with Crippen molar-refractivity contribution >= 4 is 50.3 Å². The van der Waals surface area contributed by atoms with E-state index in [2.05, 4.69) is 26.2 Å². The van der Waals surface area contributed by atoms with Gasteiger partial charge >= 0.3 is 0 Å². The number of carbonyl (C=O) groups is 1. The molecule has 0 saturated carbocycles. The summed E-state index contributed by atoms with van der Waals surface area (Å²) in [4.78, 5) is 18.1. The van der Waals surface area contributed by atoms with Gasteiger partial charge < -0.3 is 14.8 Å². The second kappa shape index (κ2) is 7.88. The summed E-state index contributed by atoms with van der Waals surface area (Å²) in [6.45, 7) is 1.45. The van der Waals surface area contributed by atoms with Gasteiger partial charge in [-0.3, -0.25) is 4.79 Å². The average molecular weight is 466 g/mol. The second-order valence-corrected chi connectivity index (χ2v) is 8.42. The lowest BCUT2D eigenvalue weighted by molar-refractivity contribution is 0.103. The summed E-state index contributed by atoms with van der Waals surface area (Å²) in [6, 6.07) is 10.8. The molecule has 0 atom stereocenters. The number of hydrogen-bond donors (Lipinski definition) is 1. The fourth-order valence-corrected chi connectivity index (χ4v) is 3.91. The zero-order valence-electron chi connectivity index (χ0n) is 14.0. The molecule has 27 heavy (non-hydrogen) atoms.